The van der Waals surface area contributed by atoms with Crippen molar-refractivity contribution < 1.29 is 32.5 Å². The predicted molar refractivity (Wildman–Crippen MR) is 56.2 cm³/mol. The van der Waals surface area contributed by atoms with Gasteiger partial charge in [0, 0.05) is 0 Å². The number of likely N-dealkylation sites (N-methyl/N-ethyl adjacent to an activating group) is 1. The van der Waals surface area contributed by atoms with Gasteiger partial charge in [-0.3, -0.25) is 9.04 Å². The van der Waals surface area contributed by atoms with Crippen LogP contribution in [0.2, 0.25) is 0 Å². The number of carboxylic acid groups (broad SMARTS) is 1. The van der Waals surface area contributed by atoms with Crippen LogP contribution in [0, 0.1) is 0 Å². The van der Waals surface area contributed by atoms with E-state index in [1.807, 2.05) is 0 Å². The van der Waals surface area contributed by atoms with Gasteiger partial charge < -0.3 is 10.2 Å². The van der Waals surface area contributed by atoms with E-state index in [0.717, 1.165) is 0 Å². The smallest absolute Gasteiger partial charge is 0.387 e. The molecule has 0 aromatic rings. The number of carboxylic acids is 1. The lowest BCUT2D eigenvalue weighted by molar-refractivity contribution is -0.902. The van der Waals surface area contributed by atoms with Gasteiger partial charge in [0.25, 0.3) is 0 Å². The van der Waals surface area contributed by atoms with Gasteiger partial charge in [0.05, 0.1) is 21.1 Å². The highest BCUT2D eigenvalue weighted by Crippen LogP contribution is 2.31. The van der Waals surface area contributed by atoms with Crippen LogP contribution >= 0.6 is 0 Å². The van der Waals surface area contributed by atoms with Crippen molar-refractivity contribution in [3.8, 4) is 0 Å². The van der Waals surface area contributed by atoms with E-state index in [0.29, 0.717) is 0 Å². The molecule has 0 saturated heterocycles. The predicted octanol–water partition coefficient (Wildman–Crippen LogP) is -0.868. The van der Waals surface area contributed by atoms with Crippen LogP contribution in [-0.4, -0.2) is 65.8 Å². The lowest BCUT2D eigenvalue weighted by atomic mass is 10.1. The molecule has 16 heavy (non-hydrogen) atoms. The van der Waals surface area contributed by atoms with Gasteiger partial charge >= 0.3 is 21.0 Å². The molecule has 7 nitrogen and oxygen atoms in total. The Bertz CT molecular complexity index is 370. The topological polar surface area (TPSA) is 112 Å². The highest BCUT2D eigenvalue weighted by molar-refractivity contribution is 7.87. The fourth-order valence-electron chi connectivity index (χ4n) is 1.78. The van der Waals surface area contributed by atoms with Crippen LogP contribution in [0.5, 0.6) is 0 Å². The largest absolute Gasteiger partial charge is 0.476 e. The maximum absolute atomic E-state index is 11.3. The molecule has 0 heterocycles. The summed E-state index contributed by atoms with van der Waals surface area (Å²) < 4.78 is 31.2. The fourth-order valence-corrected chi connectivity index (χ4v) is 3.20. The first-order valence-corrected chi connectivity index (χ1v) is 6.07. The average molecular weight is 256 g/mol. The summed E-state index contributed by atoms with van der Waals surface area (Å²) >= 11 is 0. The molecule has 0 amide bonds. The zero-order valence-electron chi connectivity index (χ0n) is 9.71. The van der Waals surface area contributed by atoms with E-state index in [9.17, 15) is 18.3 Å². The Morgan fingerprint density at radius 1 is 1.38 bits per heavy atom. The van der Waals surface area contributed by atoms with Crippen molar-refractivity contribution in [2.75, 3.05) is 21.1 Å². The number of aliphatic hydroxyl groups excluding tert-OH is 1. The van der Waals surface area contributed by atoms with Crippen molar-refractivity contribution >= 4 is 16.1 Å². The Morgan fingerprint density at radius 3 is 1.81 bits per heavy atom. The highest BCUT2D eigenvalue weighted by atomic mass is 32.2. The Balaban J connectivity index is 6.15. The number of quaternary nitrogens is 1. The summed E-state index contributed by atoms with van der Waals surface area (Å²) in [6, 6.07) is 0. The van der Waals surface area contributed by atoms with Crippen molar-refractivity contribution in [3.05, 3.63) is 0 Å². The first-order chi connectivity index (χ1) is 6.92. The second-order valence-electron chi connectivity index (χ2n) is 4.41. The number of rotatable bonds is 5. The Kier molecular flexibility index (Phi) is 4.10. The number of hydrogen-bond donors (Lipinski definition) is 3. The molecule has 0 aliphatic carbocycles. The van der Waals surface area contributed by atoms with Gasteiger partial charge in [0.1, 0.15) is 6.10 Å². The van der Waals surface area contributed by atoms with Gasteiger partial charge in [-0.15, -0.1) is 0 Å². The van der Waals surface area contributed by atoms with Crippen LogP contribution in [0.25, 0.3) is 0 Å². The fraction of sp³-hybridized carbons (Fsp3) is 0.875. The molecule has 0 spiro atoms. The summed E-state index contributed by atoms with van der Waals surface area (Å²) in [4.78, 5) is 8.52. The third kappa shape index (κ3) is 2.05. The van der Waals surface area contributed by atoms with Crippen molar-refractivity contribution in [1.82, 2.24) is 0 Å². The molecular formula is C8H18NO6S+. The van der Waals surface area contributed by atoms with Crippen molar-refractivity contribution in [1.29, 1.82) is 0 Å². The summed E-state index contributed by atoms with van der Waals surface area (Å²) in [7, 11) is -1.14. The Hall–Kier alpha value is -0.700. The van der Waals surface area contributed by atoms with Crippen molar-refractivity contribution in [2.24, 2.45) is 0 Å². The van der Waals surface area contributed by atoms with Crippen LogP contribution in [0.15, 0.2) is 0 Å². The zero-order chi connectivity index (χ0) is 13.4. The molecule has 0 aromatic carbocycles. The van der Waals surface area contributed by atoms with Crippen LogP contribution in [0.3, 0.4) is 0 Å². The van der Waals surface area contributed by atoms with E-state index in [-0.39, 0.29) is 6.42 Å². The summed E-state index contributed by atoms with van der Waals surface area (Å²) in [6.07, 6.45) is -1.82. The quantitative estimate of drug-likeness (QED) is 0.435. The van der Waals surface area contributed by atoms with E-state index in [2.05, 4.69) is 0 Å². The molecule has 2 atom stereocenters. The number of nitrogens with zero attached hydrogens (tertiary/aromatic N) is 1. The van der Waals surface area contributed by atoms with Gasteiger partial charge in [-0.05, 0) is 6.42 Å². The highest BCUT2D eigenvalue weighted by Gasteiger charge is 2.66. The molecule has 0 aromatic heterocycles. The van der Waals surface area contributed by atoms with Crippen LogP contribution < -0.4 is 0 Å². The van der Waals surface area contributed by atoms with Gasteiger partial charge in [0.15, 0.2) is 0 Å². The molecule has 0 aliphatic heterocycles. The first-order valence-electron chi connectivity index (χ1n) is 4.63. The molecule has 2 unspecified atom stereocenters. The molecule has 0 aliphatic rings. The summed E-state index contributed by atoms with van der Waals surface area (Å²) in [5.41, 5.74) is 0. The van der Waals surface area contributed by atoms with E-state index in [1.165, 1.54) is 28.1 Å². The van der Waals surface area contributed by atoms with E-state index >= 15 is 0 Å². The lowest BCUT2D eigenvalue weighted by Gasteiger charge is -2.42. The molecule has 0 saturated carbocycles. The minimum Gasteiger partial charge on any atom is -0.476 e. The molecule has 0 radical (unpaired) electrons. The maximum Gasteiger partial charge on any atom is 0.387 e. The van der Waals surface area contributed by atoms with E-state index in [1.54, 1.807) is 0 Å². The standard InChI is InChI=1S/C8H17NO6S/c1-5-6(10)8(7(11)12,9(2,3)4)16(13,14)15/h6,10H,5H2,1-4H3,(H-,11,12,13,14,15)/p+1. The van der Waals surface area contributed by atoms with Gasteiger partial charge in [-0.2, -0.15) is 8.42 Å². The SMILES string of the molecule is CCC(O)C(C(=O)O)([N+](C)(C)C)S(=O)(=O)O. The number of carbonyl (C=O) groups is 1. The molecular weight excluding hydrogens is 238 g/mol. The number of aliphatic carboxylic acids is 1. The molecule has 8 heteroatoms. The summed E-state index contributed by atoms with van der Waals surface area (Å²) in [6.45, 7) is 1.43. The van der Waals surface area contributed by atoms with Crippen molar-refractivity contribution in [3.63, 3.8) is 0 Å². The van der Waals surface area contributed by atoms with Gasteiger partial charge in [0.2, 0.25) is 0 Å². The normalized spacial score (nSPS) is 18.9. The van der Waals surface area contributed by atoms with Gasteiger partial charge in [-0.1, -0.05) is 6.92 Å². The molecule has 0 rings (SSSR count). The van der Waals surface area contributed by atoms with Crippen LogP contribution in [0.4, 0.5) is 0 Å². The van der Waals surface area contributed by atoms with E-state index < -0.39 is 31.5 Å². The van der Waals surface area contributed by atoms with Crippen molar-refractivity contribution in [2.45, 2.75) is 24.3 Å². The Morgan fingerprint density at radius 2 is 1.75 bits per heavy atom. The van der Waals surface area contributed by atoms with E-state index in [4.69, 9.17) is 9.66 Å². The maximum atomic E-state index is 11.3. The zero-order valence-corrected chi connectivity index (χ0v) is 10.5. The van der Waals surface area contributed by atoms with Gasteiger partial charge in [-0.25, -0.2) is 4.79 Å². The monoisotopic (exact) mass is 256 g/mol. The van der Waals surface area contributed by atoms with Crippen LogP contribution in [-0.2, 0) is 14.9 Å². The summed E-state index contributed by atoms with van der Waals surface area (Å²) in [5.74, 6) is -1.78. The van der Waals surface area contributed by atoms with Crippen LogP contribution in [0.1, 0.15) is 13.3 Å². The minimum atomic E-state index is -4.97. The molecule has 0 bridgehead atoms. The second-order valence-corrected chi connectivity index (χ2v) is 5.99. The second kappa shape index (κ2) is 4.28. The lowest BCUT2D eigenvalue weighted by Crippen LogP contribution is -2.71. The third-order valence-electron chi connectivity index (χ3n) is 2.53. The molecule has 96 valence electrons. The minimum absolute atomic E-state index is 0.110. The molecule has 0 fully saturated rings. The third-order valence-corrected chi connectivity index (χ3v) is 4.32. The number of hydrogen-bond acceptors (Lipinski definition) is 4. The average Bonchev–Trinajstić information content (AvgIpc) is 1.98. The first kappa shape index (κ1) is 15.3. The summed E-state index contributed by atoms with van der Waals surface area (Å²) in [5, 5.41) is 18.8. The Labute approximate surface area is 94.6 Å². The number of aliphatic hydroxyl groups is 1. The molecule has 3 N–H and O–H groups in total.